The van der Waals surface area contributed by atoms with Crippen LogP contribution in [0.5, 0.6) is 5.75 Å². The van der Waals surface area contributed by atoms with Gasteiger partial charge in [0.15, 0.2) is 0 Å². The Morgan fingerprint density at radius 3 is 2.62 bits per heavy atom. The van der Waals surface area contributed by atoms with Crippen LogP contribution in [0.3, 0.4) is 0 Å². The van der Waals surface area contributed by atoms with Gasteiger partial charge >= 0.3 is 0 Å². The number of carbonyl (C=O) groups is 1. The summed E-state index contributed by atoms with van der Waals surface area (Å²) in [4.78, 5) is 18.6. The number of carbonyl (C=O) groups excluding carboxylic acids is 1. The zero-order chi connectivity index (χ0) is 18.1. The number of nitrogens with zero attached hydrogens (tertiary/aromatic N) is 2. The normalized spacial score (nSPS) is 27.7. The van der Waals surface area contributed by atoms with Gasteiger partial charge in [0.05, 0.1) is 19.4 Å². The van der Waals surface area contributed by atoms with E-state index in [9.17, 15) is 9.90 Å². The number of piperidine rings is 1. The molecule has 1 aromatic heterocycles. The molecule has 1 saturated heterocycles. The fourth-order valence-corrected chi connectivity index (χ4v) is 4.23. The highest BCUT2D eigenvalue weighted by Gasteiger charge is 2.38. The molecule has 2 heterocycles. The van der Waals surface area contributed by atoms with Gasteiger partial charge < -0.3 is 20.1 Å². The number of aliphatic hydroxyl groups excluding tert-OH is 1. The quantitative estimate of drug-likeness (QED) is 0.811. The molecule has 142 valence electrons. The number of ether oxygens (including phenoxy) is 1. The second-order valence-corrected chi connectivity index (χ2v) is 8.06. The summed E-state index contributed by atoms with van der Waals surface area (Å²) >= 11 is 0. The van der Waals surface area contributed by atoms with Crippen LogP contribution in [0, 0.1) is 11.8 Å². The van der Waals surface area contributed by atoms with Gasteiger partial charge in [-0.2, -0.15) is 0 Å². The first-order chi connectivity index (χ1) is 12.6. The van der Waals surface area contributed by atoms with Crippen molar-refractivity contribution in [3.63, 3.8) is 0 Å². The Kier molecular flexibility index (Phi) is 5.14. The van der Waals surface area contributed by atoms with Gasteiger partial charge in [-0.3, -0.25) is 9.78 Å². The molecule has 3 fully saturated rings. The fourth-order valence-electron chi connectivity index (χ4n) is 4.23. The van der Waals surface area contributed by atoms with Crippen LogP contribution < -0.4 is 10.1 Å². The number of hydrogen-bond acceptors (Lipinski definition) is 5. The highest BCUT2D eigenvalue weighted by atomic mass is 16.5. The number of aromatic nitrogens is 1. The molecule has 0 spiro atoms. The number of amides is 1. The zero-order valence-electron chi connectivity index (χ0n) is 15.4. The molecule has 0 aromatic carbocycles. The van der Waals surface area contributed by atoms with Gasteiger partial charge in [0.25, 0.3) is 0 Å². The second-order valence-electron chi connectivity index (χ2n) is 8.06. The Balaban J connectivity index is 1.39. The van der Waals surface area contributed by atoms with Crippen molar-refractivity contribution in [1.29, 1.82) is 0 Å². The molecule has 6 nitrogen and oxygen atoms in total. The van der Waals surface area contributed by atoms with Gasteiger partial charge in [-0.25, -0.2) is 0 Å². The van der Waals surface area contributed by atoms with Crippen molar-refractivity contribution >= 4 is 5.91 Å². The summed E-state index contributed by atoms with van der Waals surface area (Å²) in [6, 6.07) is 2.62. The largest absolute Gasteiger partial charge is 0.495 e. The van der Waals surface area contributed by atoms with Crippen LogP contribution in [0.15, 0.2) is 18.5 Å². The molecule has 2 saturated carbocycles. The van der Waals surface area contributed by atoms with E-state index in [2.05, 4.69) is 10.3 Å². The van der Waals surface area contributed by atoms with E-state index >= 15 is 0 Å². The van der Waals surface area contributed by atoms with E-state index in [0.717, 1.165) is 62.9 Å². The highest BCUT2D eigenvalue weighted by Crippen LogP contribution is 2.39. The zero-order valence-corrected chi connectivity index (χ0v) is 15.4. The fraction of sp³-hybridized carbons (Fsp3) is 0.700. The maximum atomic E-state index is 12.2. The predicted molar refractivity (Wildman–Crippen MR) is 97.7 cm³/mol. The van der Waals surface area contributed by atoms with E-state index < -0.39 is 0 Å². The summed E-state index contributed by atoms with van der Waals surface area (Å²) in [7, 11) is 1.66. The topological polar surface area (TPSA) is 74.7 Å². The van der Waals surface area contributed by atoms with Crippen LogP contribution in [0.4, 0.5) is 0 Å². The van der Waals surface area contributed by atoms with E-state index in [1.807, 2.05) is 17.2 Å². The van der Waals surface area contributed by atoms with Crippen LogP contribution in [0.25, 0.3) is 0 Å². The molecular weight excluding hydrogens is 330 g/mol. The number of aliphatic hydroxyl groups is 1. The van der Waals surface area contributed by atoms with Gasteiger partial charge in [-0.15, -0.1) is 0 Å². The van der Waals surface area contributed by atoms with Crippen LogP contribution in [0.1, 0.15) is 50.1 Å². The third-order valence-corrected chi connectivity index (χ3v) is 6.10. The van der Waals surface area contributed by atoms with Crippen molar-refractivity contribution in [1.82, 2.24) is 15.2 Å². The molecule has 2 aliphatic carbocycles. The van der Waals surface area contributed by atoms with Crippen molar-refractivity contribution in [2.24, 2.45) is 11.8 Å². The maximum absolute atomic E-state index is 12.2. The summed E-state index contributed by atoms with van der Waals surface area (Å²) in [5.74, 6) is 1.86. The lowest BCUT2D eigenvalue weighted by atomic mass is 9.75. The number of pyridine rings is 1. The van der Waals surface area contributed by atoms with Crippen LogP contribution in [-0.2, 0) is 4.79 Å². The van der Waals surface area contributed by atoms with Gasteiger partial charge in [0.1, 0.15) is 5.75 Å². The molecule has 26 heavy (non-hydrogen) atoms. The molecule has 1 amide bonds. The second kappa shape index (κ2) is 7.53. The molecule has 0 unspecified atom stereocenters. The summed E-state index contributed by atoms with van der Waals surface area (Å²) < 4.78 is 5.33. The molecule has 0 radical (unpaired) electrons. The Hall–Kier alpha value is -1.66. The Labute approximate surface area is 154 Å². The molecule has 2 N–H and O–H groups in total. The third kappa shape index (κ3) is 3.86. The number of methoxy groups -OCH3 is 1. The van der Waals surface area contributed by atoms with E-state index in [1.165, 1.54) is 0 Å². The first kappa shape index (κ1) is 17.7. The van der Waals surface area contributed by atoms with Gasteiger partial charge in [0.2, 0.25) is 5.91 Å². The van der Waals surface area contributed by atoms with E-state index in [0.29, 0.717) is 23.8 Å². The molecule has 4 rings (SSSR count). The minimum atomic E-state index is -0.180. The molecule has 3 aliphatic rings. The minimum absolute atomic E-state index is 0.177. The summed E-state index contributed by atoms with van der Waals surface area (Å²) in [5, 5.41) is 13.6. The molecule has 6 heteroatoms. The number of likely N-dealkylation sites (tertiary alicyclic amines) is 1. The minimum Gasteiger partial charge on any atom is -0.495 e. The van der Waals surface area contributed by atoms with E-state index in [1.54, 1.807) is 13.3 Å². The summed E-state index contributed by atoms with van der Waals surface area (Å²) in [6.45, 7) is 1.70. The SMILES string of the molecule is COc1cncc([C@H](NC2CCN(C(=O)C3CC3)CC2)C2CC(O)C2)c1. The molecule has 1 aliphatic heterocycles. The average Bonchev–Trinajstić information content (AvgIpc) is 3.49. The lowest BCUT2D eigenvalue weighted by Crippen LogP contribution is -2.49. The van der Waals surface area contributed by atoms with Gasteiger partial charge in [-0.1, -0.05) is 0 Å². The van der Waals surface area contributed by atoms with Crippen molar-refractivity contribution in [3.8, 4) is 5.75 Å². The third-order valence-electron chi connectivity index (χ3n) is 6.10. The Morgan fingerprint density at radius 2 is 2.00 bits per heavy atom. The average molecular weight is 359 g/mol. The Bertz CT molecular complexity index is 635. The Morgan fingerprint density at radius 1 is 1.27 bits per heavy atom. The van der Waals surface area contributed by atoms with Crippen molar-refractivity contribution in [3.05, 3.63) is 24.0 Å². The highest BCUT2D eigenvalue weighted by molar-refractivity contribution is 5.81. The summed E-state index contributed by atoms with van der Waals surface area (Å²) in [5.41, 5.74) is 1.12. The van der Waals surface area contributed by atoms with Crippen LogP contribution in [0.2, 0.25) is 0 Å². The monoisotopic (exact) mass is 359 g/mol. The lowest BCUT2D eigenvalue weighted by Gasteiger charge is -2.42. The predicted octanol–water partition coefficient (Wildman–Crippen LogP) is 1.89. The van der Waals surface area contributed by atoms with Gasteiger partial charge in [-0.05, 0) is 56.1 Å². The van der Waals surface area contributed by atoms with E-state index in [4.69, 9.17) is 4.74 Å². The standard InChI is InChI=1S/C20H29N3O3/c1-26-18-10-15(11-21-12-18)19(14-8-17(24)9-14)22-16-4-6-23(7-5-16)20(25)13-2-3-13/h10-14,16-17,19,22,24H,2-9H2,1H3/t14?,17?,19-/m1/s1. The first-order valence-corrected chi connectivity index (χ1v) is 9.86. The summed E-state index contributed by atoms with van der Waals surface area (Å²) in [6.07, 6.45) is 9.22. The van der Waals surface area contributed by atoms with Crippen molar-refractivity contribution in [2.75, 3.05) is 20.2 Å². The smallest absolute Gasteiger partial charge is 0.225 e. The molecule has 0 bridgehead atoms. The molecule has 1 atom stereocenters. The lowest BCUT2D eigenvalue weighted by molar-refractivity contribution is -0.133. The molecule has 1 aromatic rings. The van der Waals surface area contributed by atoms with Crippen molar-refractivity contribution < 1.29 is 14.6 Å². The number of rotatable bonds is 6. The van der Waals surface area contributed by atoms with E-state index in [-0.39, 0.29) is 12.1 Å². The first-order valence-electron chi connectivity index (χ1n) is 9.86. The molecular formula is C20H29N3O3. The van der Waals surface area contributed by atoms with Crippen LogP contribution in [-0.4, -0.2) is 53.2 Å². The maximum Gasteiger partial charge on any atom is 0.225 e. The number of nitrogens with one attached hydrogen (secondary N) is 1. The van der Waals surface area contributed by atoms with Crippen molar-refractivity contribution in [2.45, 2.75) is 56.7 Å². The van der Waals surface area contributed by atoms with Crippen LogP contribution >= 0.6 is 0 Å². The van der Waals surface area contributed by atoms with Gasteiger partial charge in [0, 0.05) is 37.3 Å². The number of hydrogen-bond donors (Lipinski definition) is 2.